The highest BCUT2D eigenvalue weighted by Crippen LogP contribution is 2.31. The second-order valence-electron chi connectivity index (χ2n) is 4.28. The molecule has 0 saturated carbocycles. The lowest BCUT2D eigenvalue weighted by Gasteiger charge is -2.24. The van der Waals surface area contributed by atoms with Gasteiger partial charge in [-0.3, -0.25) is 5.41 Å². The third-order valence-corrected chi connectivity index (χ3v) is 3.66. The normalized spacial score (nSPS) is 11.4. The van der Waals surface area contributed by atoms with Crippen molar-refractivity contribution in [3.8, 4) is 0 Å². The fourth-order valence-electron chi connectivity index (χ4n) is 1.80. The van der Waals surface area contributed by atoms with E-state index < -0.39 is 12.6 Å². The molecule has 0 aliphatic carbocycles. The van der Waals surface area contributed by atoms with Crippen LogP contribution in [-0.2, 0) is 0 Å². The van der Waals surface area contributed by atoms with Gasteiger partial charge in [0, 0.05) is 24.2 Å². The van der Waals surface area contributed by atoms with Gasteiger partial charge < -0.3 is 10.6 Å². The molecule has 3 N–H and O–H groups in total. The summed E-state index contributed by atoms with van der Waals surface area (Å²) in [5, 5.41) is 7.66. The minimum absolute atomic E-state index is 0.129. The molecule has 112 valence electrons. The van der Waals surface area contributed by atoms with E-state index in [1.54, 1.807) is 19.2 Å². The van der Waals surface area contributed by atoms with Gasteiger partial charge in [-0.25, -0.2) is 0 Å². The van der Waals surface area contributed by atoms with Gasteiger partial charge in [-0.05, 0) is 17.9 Å². The quantitative estimate of drug-likeness (QED) is 0.481. The number of thioether (sulfide) groups is 1. The fourth-order valence-corrected chi connectivity index (χ4v) is 2.64. The topological polar surface area (TPSA) is 53.1 Å². The zero-order valence-electron chi connectivity index (χ0n) is 11.4. The van der Waals surface area contributed by atoms with E-state index in [9.17, 15) is 13.2 Å². The van der Waals surface area contributed by atoms with E-state index in [4.69, 9.17) is 11.1 Å². The molecule has 3 nitrogen and oxygen atoms in total. The number of hydrogen-bond donors (Lipinski definition) is 2. The molecule has 7 heteroatoms. The number of nitrogens with one attached hydrogen (secondary N) is 1. The van der Waals surface area contributed by atoms with Gasteiger partial charge in [0.15, 0.2) is 0 Å². The molecule has 1 rings (SSSR count). The Bertz CT molecular complexity index is 474. The summed E-state index contributed by atoms with van der Waals surface area (Å²) in [6, 6.07) is 5.28. The van der Waals surface area contributed by atoms with Gasteiger partial charge >= 0.3 is 6.18 Å². The Morgan fingerprint density at radius 2 is 2.05 bits per heavy atom. The minimum atomic E-state index is -4.19. The summed E-state index contributed by atoms with van der Waals surface area (Å²) in [7, 11) is 1.58. The first kappa shape index (κ1) is 16.7. The van der Waals surface area contributed by atoms with Gasteiger partial charge in [0.05, 0.1) is 12.0 Å². The predicted octanol–water partition coefficient (Wildman–Crippen LogP) is 3.47. The second kappa shape index (κ2) is 6.88. The third-order valence-electron chi connectivity index (χ3n) is 2.72. The summed E-state index contributed by atoms with van der Waals surface area (Å²) in [5.74, 6) is 0.672. The third kappa shape index (κ3) is 4.63. The average Bonchev–Trinajstić information content (AvgIpc) is 2.35. The molecular formula is C13H18F3N3S. The molecule has 0 fully saturated rings. The van der Waals surface area contributed by atoms with Crippen LogP contribution in [0.25, 0.3) is 0 Å². The first-order valence-electron chi connectivity index (χ1n) is 6.14. The number of hydrogen-bond acceptors (Lipinski definition) is 3. The van der Waals surface area contributed by atoms with Gasteiger partial charge in [-0.15, -0.1) is 11.8 Å². The van der Waals surface area contributed by atoms with Crippen LogP contribution in [-0.4, -0.2) is 31.4 Å². The number of benzene rings is 1. The standard InChI is InChI=1S/C13H18F3N3S/c1-3-20-10-6-4-5-9(11(10)12(17)18)19(2)8-7-13(14,15)16/h4-6H,3,7-8H2,1-2H3,(H3,17,18). The molecule has 0 saturated heterocycles. The Morgan fingerprint density at radius 1 is 1.40 bits per heavy atom. The molecule has 0 atom stereocenters. The fraction of sp³-hybridized carbons (Fsp3) is 0.462. The van der Waals surface area contributed by atoms with Crippen molar-refractivity contribution in [3.63, 3.8) is 0 Å². The van der Waals surface area contributed by atoms with Crippen molar-refractivity contribution in [1.29, 1.82) is 5.41 Å². The van der Waals surface area contributed by atoms with E-state index in [2.05, 4.69) is 0 Å². The first-order valence-corrected chi connectivity index (χ1v) is 7.13. The van der Waals surface area contributed by atoms with E-state index in [0.717, 1.165) is 10.6 Å². The van der Waals surface area contributed by atoms with E-state index in [1.165, 1.54) is 16.7 Å². The molecule has 0 unspecified atom stereocenters. The van der Waals surface area contributed by atoms with Crippen LogP contribution in [0.5, 0.6) is 0 Å². The Labute approximate surface area is 120 Å². The van der Waals surface area contributed by atoms with Crippen LogP contribution in [0, 0.1) is 5.41 Å². The van der Waals surface area contributed by atoms with Crippen molar-refractivity contribution in [1.82, 2.24) is 0 Å². The number of nitrogen functional groups attached to an aromatic ring is 1. The Kier molecular flexibility index (Phi) is 5.74. The van der Waals surface area contributed by atoms with Crippen LogP contribution in [0.15, 0.2) is 23.1 Å². The highest BCUT2D eigenvalue weighted by atomic mass is 32.2. The van der Waals surface area contributed by atoms with Crippen LogP contribution in [0.4, 0.5) is 18.9 Å². The largest absolute Gasteiger partial charge is 0.390 e. The lowest BCUT2D eigenvalue weighted by atomic mass is 10.1. The summed E-state index contributed by atoms with van der Waals surface area (Å²) in [5.41, 5.74) is 6.65. The minimum Gasteiger partial charge on any atom is -0.384 e. The summed E-state index contributed by atoms with van der Waals surface area (Å²) in [4.78, 5) is 2.31. The maximum absolute atomic E-state index is 12.3. The Balaban J connectivity index is 3.04. The molecule has 20 heavy (non-hydrogen) atoms. The van der Waals surface area contributed by atoms with Gasteiger partial charge in [0.2, 0.25) is 0 Å². The average molecular weight is 305 g/mol. The monoisotopic (exact) mass is 305 g/mol. The van der Waals surface area contributed by atoms with Crippen molar-refractivity contribution in [3.05, 3.63) is 23.8 Å². The molecule has 0 spiro atoms. The molecule has 0 aliphatic rings. The molecule has 0 heterocycles. The van der Waals surface area contributed by atoms with Crippen molar-refractivity contribution in [2.24, 2.45) is 5.73 Å². The second-order valence-corrected chi connectivity index (χ2v) is 5.59. The first-order chi connectivity index (χ1) is 9.26. The Hall–Kier alpha value is -1.37. The number of nitrogens with two attached hydrogens (primary N) is 1. The predicted molar refractivity (Wildman–Crippen MR) is 77.8 cm³/mol. The molecule has 0 aliphatic heterocycles. The summed E-state index contributed by atoms with van der Waals surface area (Å²) in [6.07, 6.45) is -5.09. The van der Waals surface area contributed by atoms with E-state index >= 15 is 0 Å². The van der Waals surface area contributed by atoms with Crippen molar-refractivity contribution in [2.75, 3.05) is 24.2 Å². The van der Waals surface area contributed by atoms with Crippen LogP contribution < -0.4 is 10.6 Å². The highest BCUT2D eigenvalue weighted by Gasteiger charge is 2.27. The summed E-state index contributed by atoms with van der Waals surface area (Å²) in [6.45, 7) is 1.80. The van der Waals surface area contributed by atoms with Crippen LogP contribution in [0.3, 0.4) is 0 Å². The van der Waals surface area contributed by atoms with E-state index in [1.807, 2.05) is 13.0 Å². The van der Waals surface area contributed by atoms with Crippen LogP contribution >= 0.6 is 11.8 Å². The van der Waals surface area contributed by atoms with Crippen LogP contribution in [0.1, 0.15) is 18.9 Å². The zero-order chi connectivity index (χ0) is 15.3. The molecule has 1 aromatic rings. The van der Waals surface area contributed by atoms with Crippen molar-refractivity contribution >= 4 is 23.3 Å². The zero-order valence-corrected chi connectivity index (χ0v) is 12.2. The highest BCUT2D eigenvalue weighted by molar-refractivity contribution is 7.99. The molecule has 0 radical (unpaired) electrons. The summed E-state index contributed by atoms with van der Waals surface area (Å²) < 4.78 is 36.9. The maximum atomic E-state index is 12.3. The molecular weight excluding hydrogens is 287 g/mol. The molecule has 0 aromatic heterocycles. The number of anilines is 1. The van der Waals surface area contributed by atoms with Gasteiger partial charge in [0.1, 0.15) is 5.84 Å². The molecule has 0 bridgehead atoms. The lowest BCUT2D eigenvalue weighted by molar-refractivity contribution is -0.132. The smallest absolute Gasteiger partial charge is 0.384 e. The van der Waals surface area contributed by atoms with Crippen LogP contribution in [0.2, 0.25) is 0 Å². The molecule has 1 aromatic carbocycles. The van der Waals surface area contributed by atoms with Gasteiger partial charge in [-0.2, -0.15) is 13.2 Å². The maximum Gasteiger partial charge on any atom is 0.390 e. The van der Waals surface area contributed by atoms with Gasteiger partial charge in [-0.1, -0.05) is 13.0 Å². The van der Waals surface area contributed by atoms with Gasteiger partial charge in [0.25, 0.3) is 0 Å². The number of amidine groups is 1. The summed E-state index contributed by atoms with van der Waals surface area (Å²) >= 11 is 1.52. The number of nitrogens with zero attached hydrogens (tertiary/aromatic N) is 1. The number of halogens is 3. The molecule has 0 amide bonds. The number of alkyl halides is 3. The SMILES string of the molecule is CCSc1cccc(N(C)CCC(F)(F)F)c1C(=N)N. The number of rotatable bonds is 6. The van der Waals surface area contributed by atoms with Crippen molar-refractivity contribution < 1.29 is 13.2 Å². The van der Waals surface area contributed by atoms with E-state index in [0.29, 0.717) is 11.3 Å². The Morgan fingerprint density at radius 3 is 2.55 bits per heavy atom. The van der Waals surface area contributed by atoms with E-state index in [-0.39, 0.29) is 12.4 Å². The van der Waals surface area contributed by atoms with Crippen molar-refractivity contribution in [2.45, 2.75) is 24.4 Å². The lowest BCUT2D eigenvalue weighted by Crippen LogP contribution is -2.27.